The molecule has 1 amide bonds. The quantitative estimate of drug-likeness (QED) is 0.537. The molecule has 0 atom stereocenters. The number of ether oxygens (including phenoxy) is 1. The van der Waals surface area contributed by atoms with Gasteiger partial charge in [-0.1, -0.05) is 42.8 Å². The van der Waals surface area contributed by atoms with Crippen LogP contribution in [-0.4, -0.2) is 12.5 Å². The van der Waals surface area contributed by atoms with Crippen LogP contribution in [0.15, 0.2) is 46.9 Å². The molecule has 2 N–H and O–H groups in total. The van der Waals surface area contributed by atoms with Gasteiger partial charge in [0.05, 0.1) is 6.61 Å². The number of nitrogens with one attached hydrogen (secondary N) is 2. The third kappa shape index (κ3) is 6.71. The van der Waals surface area contributed by atoms with Crippen molar-refractivity contribution < 1.29 is 9.53 Å². The van der Waals surface area contributed by atoms with Gasteiger partial charge in [-0.3, -0.25) is 4.79 Å². The average molecular weight is 419 g/mol. The fourth-order valence-corrected chi connectivity index (χ4v) is 2.93. The van der Waals surface area contributed by atoms with Crippen molar-refractivity contribution in [2.24, 2.45) is 5.92 Å². The van der Waals surface area contributed by atoms with Crippen LogP contribution in [0, 0.1) is 5.92 Å². The average Bonchev–Trinajstić information content (AvgIpc) is 2.58. The molecule has 2 aromatic carbocycles. The van der Waals surface area contributed by atoms with E-state index in [4.69, 9.17) is 4.74 Å². The van der Waals surface area contributed by atoms with E-state index in [-0.39, 0.29) is 5.91 Å². The number of benzene rings is 2. The maximum atomic E-state index is 11.9. The van der Waals surface area contributed by atoms with Crippen LogP contribution in [0.3, 0.4) is 0 Å². The number of halogens is 1. The van der Waals surface area contributed by atoms with E-state index in [2.05, 4.69) is 39.6 Å². The molecule has 0 saturated carbocycles. The molecule has 0 aliphatic carbocycles. The second-order valence-electron chi connectivity index (χ2n) is 6.68. The number of hydrogen-bond donors (Lipinski definition) is 2. The minimum Gasteiger partial charge on any atom is -0.493 e. The van der Waals surface area contributed by atoms with E-state index in [1.807, 2.05) is 50.2 Å². The van der Waals surface area contributed by atoms with Crippen LogP contribution in [0.4, 0.5) is 11.4 Å². The largest absolute Gasteiger partial charge is 0.493 e. The van der Waals surface area contributed by atoms with Gasteiger partial charge < -0.3 is 15.4 Å². The molecule has 0 radical (unpaired) electrons. The number of carbonyl (C=O) groups is 1. The van der Waals surface area contributed by atoms with Gasteiger partial charge in [-0.15, -0.1) is 0 Å². The zero-order valence-corrected chi connectivity index (χ0v) is 17.2. The summed E-state index contributed by atoms with van der Waals surface area (Å²) in [5.41, 5.74) is 2.84. The summed E-state index contributed by atoms with van der Waals surface area (Å²) < 4.78 is 6.85. The Balaban J connectivity index is 2.02. The molecule has 0 heterocycles. The normalized spacial score (nSPS) is 10.7. The molecule has 2 aromatic rings. The molecular weight excluding hydrogens is 392 g/mol. The van der Waals surface area contributed by atoms with E-state index in [1.54, 1.807) is 0 Å². The number of hydrogen-bond acceptors (Lipinski definition) is 3. The number of anilines is 2. The summed E-state index contributed by atoms with van der Waals surface area (Å²) in [5.74, 6) is 1.28. The maximum Gasteiger partial charge on any atom is 0.224 e. The topological polar surface area (TPSA) is 50.4 Å². The first-order valence-electron chi connectivity index (χ1n) is 9.03. The van der Waals surface area contributed by atoms with E-state index in [0.717, 1.165) is 33.6 Å². The third-order valence-corrected chi connectivity index (χ3v) is 4.20. The van der Waals surface area contributed by atoms with Gasteiger partial charge in [0, 0.05) is 34.4 Å². The van der Waals surface area contributed by atoms with Crippen molar-refractivity contribution >= 4 is 33.2 Å². The van der Waals surface area contributed by atoms with Crippen molar-refractivity contribution in [3.05, 3.63) is 52.5 Å². The Hall–Kier alpha value is -2.01. The van der Waals surface area contributed by atoms with Gasteiger partial charge in [-0.05, 0) is 48.7 Å². The summed E-state index contributed by atoms with van der Waals surface area (Å²) in [7, 11) is 0. The summed E-state index contributed by atoms with van der Waals surface area (Å²) in [5, 5.41) is 6.36. The van der Waals surface area contributed by atoms with Gasteiger partial charge in [0.1, 0.15) is 5.75 Å². The molecule has 26 heavy (non-hydrogen) atoms. The molecule has 0 unspecified atom stereocenters. The smallest absolute Gasteiger partial charge is 0.224 e. The number of amides is 1. The lowest BCUT2D eigenvalue weighted by molar-refractivity contribution is -0.116. The highest BCUT2D eigenvalue weighted by Gasteiger charge is 2.07. The predicted molar refractivity (Wildman–Crippen MR) is 112 cm³/mol. The second kappa shape index (κ2) is 10.2. The van der Waals surface area contributed by atoms with E-state index in [1.165, 1.54) is 0 Å². The molecule has 0 aliphatic heterocycles. The fourth-order valence-electron chi connectivity index (χ4n) is 2.53. The standard InChI is InChI=1S/C21H27BrN2O2/c1-4-10-26-20-9-8-17(22)12-16(20)14-23-18-6-5-7-19(13-18)24-21(25)11-15(2)3/h5-9,12-13,15,23H,4,10-11,14H2,1-3H3,(H,24,25). The predicted octanol–water partition coefficient (Wildman–Crippen LogP) is 5.83. The Kier molecular flexibility index (Phi) is 7.98. The SMILES string of the molecule is CCCOc1ccc(Br)cc1CNc1cccc(NC(=O)CC(C)C)c1. The Morgan fingerprint density at radius 1 is 1.15 bits per heavy atom. The van der Waals surface area contributed by atoms with Crippen molar-refractivity contribution in [3.63, 3.8) is 0 Å². The van der Waals surface area contributed by atoms with Crippen LogP contribution < -0.4 is 15.4 Å². The molecule has 0 saturated heterocycles. The molecule has 0 fully saturated rings. The number of rotatable bonds is 9. The third-order valence-electron chi connectivity index (χ3n) is 3.71. The highest BCUT2D eigenvalue weighted by atomic mass is 79.9. The maximum absolute atomic E-state index is 11.9. The van der Waals surface area contributed by atoms with Crippen molar-refractivity contribution in [2.45, 2.75) is 40.2 Å². The molecule has 0 aliphatic rings. The zero-order valence-electron chi connectivity index (χ0n) is 15.6. The van der Waals surface area contributed by atoms with Crippen molar-refractivity contribution in [3.8, 4) is 5.75 Å². The molecule has 0 spiro atoms. The van der Waals surface area contributed by atoms with E-state index in [9.17, 15) is 4.79 Å². The van der Waals surface area contributed by atoms with Crippen LogP contribution in [-0.2, 0) is 11.3 Å². The van der Waals surface area contributed by atoms with Gasteiger partial charge in [-0.2, -0.15) is 0 Å². The molecule has 4 nitrogen and oxygen atoms in total. The summed E-state index contributed by atoms with van der Waals surface area (Å²) in [6, 6.07) is 13.8. The van der Waals surface area contributed by atoms with Crippen LogP contribution in [0.25, 0.3) is 0 Å². The summed E-state index contributed by atoms with van der Waals surface area (Å²) >= 11 is 3.52. The highest BCUT2D eigenvalue weighted by Crippen LogP contribution is 2.25. The minimum absolute atomic E-state index is 0.0411. The monoisotopic (exact) mass is 418 g/mol. The van der Waals surface area contributed by atoms with E-state index < -0.39 is 0 Å². The highest BCUT2D eigenvalue weighted by molar-refractivity contribution is 9.10. The molecular formula is C21H27BrN2O2. The van der Waals surface area contributed by atoms with Crippen LogP contribution in [0.2, 0.25) is 0 Å². The van der Waals surface area contributed by atoms with E-state index in [0.29, 0.717) is 25.5 Å². The summed E-state index contributed by atoms with van der Waals surface area (Å²) in [6.45, 7) is 7.51. The van der Waals surface area contributed by atoms with Crippen molar-refractivity contribution in [1.29, 1.82) is 0 Å². The van der Waals surface area contributed by atoms with Gasteiger partial charge in [0.25, 0.3) is 0 Å². The lowest BCUT2D eigenvalue weighted by Crippen LogP contribution is -2.14. The first-order valence-corrected chi connectivity index (χ1v) is 9.82. The van der Waals surface area contributed by atoms with Crippen LogP contribution in [0.1, 0.15) is 39.2 Å². The Labute approximate surface area is 164 Å². The molecule has 0 aromatic heterocycles. The van der Waals surface area contributed by atoms with E-state index >= 15 is 0 Å². The Morgan fingerprint density at radius 2 is 1.92 bits per heavy atom. The first-order chi connectivity index (χ1) is 12.5. The van der Waals surface area contributed by atoms with Crippen molar-refractivity contribution in [1.82, 2.24) is 0 Å². The van der Waals surface area contributed by atoms with Gasteiger partial charge in [-0.25, -0.2) is 0 Å². The molecule has 0 bridgehead atoms. The molecule has 5 heteroatoms. The molecule has 2 rings (SSSR count). The van der Waals surface area contributed by atoms with Crippen LogP contribution in [0.5, 0.6) is 5.75 Å². The first kappa shape index (κ1) is 20.3. The molecule has 140 valence electrons. The summed E-state index contributed by atoms with van der Waals surface area (Å²) in [6.07, 6.45) is 1.49. The zero-order chi connectivity index (χ0) is 18.9. The lowest BCUT2D eigenvalue weighted by Gasteiger charge is -2.14. The summed E-state index contributed by atoms with van der Waals surface area (Å²) in [4.78, 5) is 11.9. The Bertz CT molecular complexity index is 732. The van der Waals surface area contributed by atoms with Gasteiger partial charge in [0.2, 0.25) is 5.91 Å². The number of carbonyl (C=O) groups excluding carboxylic acids is 1. The van der Waals surface area contributed by atoms with Gasteiger partial charge >= 0.3 is 0 Å². The van der Waals surface area contributed by atoms with Crippen LogP contribution >= 0.6 is 15.9 Å². The lowest BCUT2D eigenvalue weighted by atomic mass is 10.1. The van der Waals surface area contributed by atoms with Gasteiger partial charge in [0.15, 0.2) is 0 Å². The minimum atomic E-state index is 0.0411. The second-order valence-corrected chi connectivity index (χ2v) is 7.60. The Morgan fingerprint density at radius 3 is 2.65 bits per heavy atom. The fraction of sp³-hybridized carbons (Fsp3) is 0.381. The van der Waals surface area contributed by atoms with Crippen molar-refractivity contribution in [2.75, 3.05) is 17.2 Å².